The number of hydrogen-bond acceptors (Lipinski definition) is 3. The van der Waals surface area contributed by atoms with E-state index < -0.39 is 0 Å². The van der Waals surface area contributed by atoms with E-state index in [0.29, 0.717) is 16.3 Å². The van der Waals surface area contributed by atoms with E-state index in [2.05, 4.69) is 11.6 Å². The van der Waals surface area contributed by atoms with Crippen molar-refractivity contribution in [3.63, 3.8) is 0 Å². The Morgan fingerprint density at radius 1 is 1.37 bits per heavy atom. The standard InChI is InChI=1S/C14H19ClN2OS/c1-19-10-7-5-9(6-8-10)17-14(18)11-3-2-4-12(15)13(11)16/h2-4,9-10H,5-8,16H2,1H3,(H,17,18). The average Bonchev–Trinajstić information content (AvgIpc) is 2.42. The number of thioether (sulfide) groups is 1. The van der Waals surface area contributed by atoms with Crippen LogP contribution in [0.2, 0.25) is 5.02 Å². The van der Waals surface area contributed by atoms with Gasteiger partial charge in [0.05, 0.1) is 16.3 Å². The molecule has 104 valence electrons. The highest BCUT2D eigenvalue weighted by Gasteiger charge is 2.22. The van der Waals surface area contributed by atoms with Gasteiger partial charge in [-0.1, -0.05) is 17.7 Å². The van der Waals surface area contributed by atoms with Crippen LogP contribution in [-0.4, -0.2) is 23.5 Å². The lowest BCUT2D eigenvalue weighted by Crippen LogP contribution is -2.38. The first-order valence-electron chi connectivity index (χ1n) is 6.49. The number of amides is 1. The van der Waals surface area contributed by atoms with Gasteiger partial charge in [-0.05, 0) is 44.1 Å². The second-order valence-electron chi connectivity index (χ2n) is 4.88. The molecule has 1 aromatic rings. The van der Waals surface area contributed by atoms with E-state index in [4.69, 9.17) is 17.3 Å². The van der Waals surface area contributed by atoms with Gasteiger partial charge >= 0.3 is 0 Å². The molecule has 0 heterocycles. The molecule has 0 atom stereocenters. The van der Waals surface area contributed by atoms with Crippen molar-refractivity contribution in [2.45, 2.75) is 37.0 Å². The Morgan fingerprint density at radius 3 is 2.68 bits per heavy atom. The molecule has 0 aromatic heterocycles. The van der Waals surface area contributed by atoms with Crippen molar-refractivity contribution in [2.75, 3.05) is 12.0 Å². The number of nitrogens with one attached hydrogen (secondary N) is 1. The summed E-state index contributed by atoms with van der Waals surface area (Å²) in [5, 5.41) is 4.23. The minimum atomic E-state index is -0.118. The second kappa shape index (κ2) is 6.53. The smallest absolute Gasteiger partial charge is 0.253 e. The largest absolute Gasteiger partial charge is 0.397 e. The summed E-state index contributed by atoms with van der Waals surface area (Å²) in [5.74, 6) is -0.118. The van der Waals surface area contributed by atoms with Gasteiger partial charge in [0.1, 0.15) is 0 Å². The van der Waals surface area contributed by atoms with E-state index >= 15 is 0 Å². The topological polar surface area (TPSA) is 55.1 Å². The Balaban J connectivity index is 1.96. The molecule has 0 spiro atoms. The van der Waals surface area contributed by atoms with E-state index in [9.17, 15) is 4.79 Å². The Bertz CT molecular complexity index is 459. The molecule has 2 rings (SSSR count). The monoisotopic (exact) mass is 298 g/mol. The van der Waals surface area contributed by atoms with Crippen molar-refractivity contribution >= 4 is 35.0 Å². The molecule has 1 saturated carbocycles. The Hall–Kier alpha value is -0.870. The van der Waals surface area contributed by atoms with Crippen LogP contribution in [0, 0.1) is 0 Å². The Labute approximate surface area is 123 Å². The highest BCUT2D eigenvalue weighted by atomic mass is 35.5. The summed E-state index contributed by atoms with van der Waals surface area (Å²) in [6, 6.07) is 5.41. The lowest BCUT2D eigenvalue weighted by Gasteiger charge is -2.28. The van der Waals surface area contributed by atoms with E-state index in [1.54, 1.807) is 18.2 Å². The maximum Gasteiger partial charge on any atom is 0.253 e. The zero-order chi connectivity index (χ0) is 13.8. The van der Waals surface area contributed by atoms with Crippen LogP contribution >= 0.6 is 23.4 Å². The van der Waals surface area contributed by atoms with Crippen LogP contribution in [-0.2, 0) is 0 Å². The average molecular weight is 299 g/mol. The molecule has 3 N–H and O–H groups in total. The molecule has 0 unspecified atom stereocenters. The first-order valence-corrected chi connectivity index (χ1v) is 8.16. The van der Waals surface area contributed by atoms with Crippen molar-refractivity contribution in [2.24, 2.45) is 0 Å². The molecule has 0 aliphatic heterocycles. The summed E-state index contributed by atoms with van der Waals surface area (Å²) in [5.41, 5.74) is 6.67. The predicted octanol–water partition coefficient (Wildman–Crippen LogP) is 3.33. The summed E-state index contributed by atoms with van der Waals surface area (Å²) < 4.78 is 0. The quantitative estimate of drug-likeness (QED) is 0.842. The number of nitrogen functional groups attached to an aromatic ring is 1. The number of para-hydroxylation sites is 1. The first kappa shape index (κ1) is 14.5. The number of carbonyl (C=O) groups excluding carboxylic acids is 1. The maximum absolute atomic E-state index is 12.2. The maximum atomic E-state index is 12.2. The van der Waals surface area contributed by atoms with Crippen LogP contribution in [0.4, 0.5) is 5.69 Å². The lowest BCUT2D eigenvalue weighted by molar-refractivity contribution is 0.0929. The Morgan fingerprint density at radius 2 is 2.05 bits per heavy atom. The minimum Gasteiger partial charge on any atom is -0.397 e. The van der Waals surface area contributed by atoms with Gasteiger partial charge in [-0.3, -0.25) is 4.79 Å². The highest BCUT2D eigenvalue weighted by Crippen LogP contribution is 2.27. The summed E-state index contributed by atoms with van der Waals surface area (Å²) in [6.45, 7) is 0. The van der Waals surface area contributed by atoms with E-state index in [1.165, 1.54) is 0 Å². The number of nitrogens with two attached hydrogens (primary N) is 1. The third kappa shape index (κ3) is 3.57. The van der Waals surface area contributed by atoms with Gasteiger partial charge in [0.25, 0.3) is 5.91 Å². The van der Waals surface area contributed by atoms with Gasteiger partial charge in [0, 0.05) is 11.3 Å². The highest BCUT2D eigenvalue weighted by molar-refractivity contribution is 7.99. The third-order valence-corrected chi connectivity index (χ3v) is 5.11. The van der Waals surface area contributed by atoms with Crippen molar-refractivity contribution in [3.8, 4) is 0 Å². The predicted molar refractivity (Wildman–Crippen MR) is 82.9 cm³/mol. The van der Waals surface area contributed by atoms with Crippen LogP contribution in [0.5, 0.6) is 0 Å². The number of hydrogen-bond donors (Lipinski definition) is 2. The van der Waals surface area contributed by atoms with Crippen molar-refractivity contribution in [1.29, 1.82) is 0 Å². The number of rotatable bonds is 3. The van der Waals surface area contributed by atoms with Gasteiger partial charge in [0.2, 0.25) is 0 Å². The molecular formula is C14H19ClN2OS. The Kier molecular flexibility index (Phi) is 4.99. The fourth-order valence-electron chi connectivity index (χ4n) is 2.44. The number of benzene rings is 1. The molecular weight excluding hydrogens is 280 g/mol. The van der Waals surface area contributed by atoms with Crippen LogP contribution in [0.25, 0.3) is 0 Å². The fourth-order valence-corrected chi connectivity index (χ4v) is 3.36. The van der Waals surface area contributed by atoms with E-state index in [-0.39, 0.29) is 11.9 Å². The fraction of sp³-hybridized carbons (Fsp3) is 0.500. The van der Waals surface area contributed by atoms with Crippen LogP contribution in [0.3, 0.4) is 0 Å². The lowest BCUT2D eigenvalue weighted by atomic mass is 9.94. The first-order chi connectivity index (χ1) is 9.11. The van der Waals surface area contributed by atoms with Crippen molar-refractivity contribution < 1.29 is 4.79 Å². The van der Waals surface area contributed by atoms with Gasteiger partial charge in [0.15, 0.2) is 0 Å². The molecule has 0 radical (unpaired) electrons. The number of halogens is 1. The van der Waals surface area contributed by atoms with Crippen LogP contribution in [0.1, 0.15) is 36.0 Å². The molecule has 1 aliphatic rings. The van der Waals surface area contributed by atoms with Crippen LogP contribution in [0.15, 0.2) is 18.2 Å². The van der Waals surface area contributed by atoms with E-state index in [1.807, 2.05) is 11.8 Å². The molecule has 1 aromatic carbocycles. The molecule has 0 bridgehead atoms. The number of carbonyl (C=O) groups is 1. The molecule has 5 heteroatoms. The summed E-state index contributed by atoms with van der Waals surface area (Å²) in [4.78, 5) is 12.2. The SMILES string of the molecule is CSC1CCC(NC(=O)c2cccc(Cl)c2N)CC1. The summed E-state index contributed by atoms with van der Waals surface area (Å²) in [6.07, 6.45) is 6.56. The van der Waals surface area contributed by atoms with Gasteiger partial charge < -0.3 is 11.1 Å². The molecule has 3 nitrogen and oxygen atoms in total. The van der Waals surface area contributed by atoms with Crippen LogP contribution < -0.4 is 11.1 Å². The van der Waals surface area contributed by atoms with E-state index in [0.717, 1.165) is 30.9 Å². The zero-order valence-electron chi connectivity index (χ0n) is 11.0. The second-order valence-corrected chi connectivity index (χ2v) is 6.43. The molecule has 1 fully saturated rings. The molecule has 0 saturated heterocycles. The normalized spacial score (nSPS) is 23.1. The van der Waals surface area contributed by atoms with Crippen molar-refractivity contribution in [1.82, 2.24) is 5.32 Å². The van der Waals surface area contributed by atoms with Gasteiger partial charge in [-0.2, -0.15) is 11.8 Å². The van der Waals surface area contributed by atoms with Gasteiger partial charge in [-0.15, -0.1) is 0 Å². The van der Waals surface area contributed by atoms with Gasteiger partial charge in [-0.25, -0.2) is 0 Å². The molecule has 1 aliphatic carbocycles. The summed E-state index contributed by atoms with van der Waals surface area (Å²) in [7, 11) is 0. The molecule has 19 heavy (non-hydrogen) atoms. The minimum absolute atomic E-state index is 0.118. The van der Waals surface area contributed by atoms with Crippen molar-refractivity contribution in [3.05, 3.63) is 28.8 Å². The summed E-state index contributed by atoms with van der Waals surface area (Å²) >= 11 is 7.85. The molecule has 1 amide bonds. The zero-order valence-corrected chi connectivity index (χ0v) is 12.6. The number of anilines is 1. The third-order valence-electron chi connectivity index (χ3n) is 3.64.